The van der Waals surface area contributed by atoms with Crippen LogP contribution in [0.2, 0.25) is 0 Å². The van der Waals surface area contributed by atoms with E-state index >= 15 is 0 Å². The fraction of sp³-hybridized carbons (Fsp3) is 0.364. The fourth-order valence-corrected chi connectivity index (χ4v) is 1.19. The van der Waals surface area contributed by atoms with Crippen molar-refractivity contribution in [2.75, 3.05) is 27.7 Å². The summed E-state index contributed by atoms with van der Waals surface area (Å²) in [4.78, 5) is 39.4. The zero-order valence-electron chi connectivity index (χ0n) is 10.1. The molecular formula is C11H15N3O3. The van der Waals surface area contributed by atoms with Gasteiger partial charge in [0.25, 0.3) is 5.91 Å². The predicted octanol–water partition coefficient (Wildman–Crippen LogP) is -0.465. The summed E-state index contributed by atoms with van der Waals surface area (Å²) in [5.74, 6) is -0.572. The minimum absolute atomic E-state index is 0.0250. The molecule has 0 saturated carbocycles. The molecule has 0 aliphatic carbocycles. The standard InChI is InChI=1S/C11H15N3O3/c1-13(2)10(16)7-14(3)11(17)8-5-4-6-9(15)12-8/h4-6H,7H2,1-3H3,(H,12,15). The molecule has 0 unspecified atom stereocenters. The number of carbonyl (C=O) groups is 2. The average molecular weight is 237 g/mol. The van der Waals surface area contributed by atoms with Gasteiger partial charge in [0, 0.05) is 27.2 Å². The third kappa shape index (κ3) is 3.44. The van der Waals surface area contributed by atoms with E-state index in [1.807, 2.05) is 0 Å². The molecule has 6 nitrogen and oxygen atoms in total. The van der Waals surface area contributed by atoms with Gasteiger partial charge in [-0.2, -0.15) is 0 Å². The quantitative estimate of drug-likeness (QED) is 0.772. The van der Waals surface area contributed by atoms with Crippen molar-refractivity contribution in [3.63, 3.8) is 0 Å². The smallest absolute Gasteiger partial charge is 0.270 e. The van der Waals surface area contributed by atoms with Gasteiger partial charge >= 0.3 is 0 Å². The number of nitrogens with zero attached hydrogens (tertiary/aromatic N) is 2. The number of likely N-dealkylation sites (N-methyl/N-ethyl adjacent to an activating group) is 2. The topological polar surface area (TPSA) is 73.5 Å². The number of aromatic amines is 1. The lowest BCUT2D eigenvalue weighted by molar-refractivity contribution is -0.129. The predicted molar refractivity (Wildman–Crippen MR) is 62.7 cm³/mol. The van der Waals surface area contributed by atoms with Crippen molar-refractivity contribution in [2.24, 2.45) is 0 Å². The second-order valence-corrected chi connectivity index (χ2v) is 3.88. The molecule has 1 heterocycles. The minimum Gasteiger partial charge on any atom is -0.347 e. The number of hydrogen-bond donors (Lipinski definition) is 1. The SMILES string of the molecule is CN(C)C(=O)CN(C)C(=O)c1cccc(=O)[nH]1. The number of aromatic nitrogens is 1. The number of H-pyrrole nitrogens is 1. The van der Waals surface area contributed by atoms with E-state index in [0.717, 1.165) is 0 Å². The lowest BCUT2D eigenvalue weighted by atomic mass is 10.3. The summed E-state index contributed by atoms with van der Waals surface area (Å²) in [5, 5.41) is 0. The number of carbonyl (C=O) groups excluding carboxylic acids is 2. The lowest BCUT2D eigenvalue weighted by Gasteiger charge is -2.18. The molecule has 0 fully saturated rings. The molecule has 0 atom stereocenters. The van der Waals surface area contributed by atoms with Gasteiger partial charge in [-0.25, -0.2) is 0 Å². The Morgan fingerprint density at radius 2 is 1.88 bits per heavy atom. The highest BCUT2D eigenvalue weighted by molar-refractivity contribution is 5.94. The van der Waals surface area contributed by atoms with Crippen LogP contribution in [0.3, 0.4) is 0 Å². The van der Waals surface area contributed by atoms with Crippen LogP contribution in [0.5, 0.6) is 0 Å². The molecule has 2 amide bonds. The van der Waals surface area contributed by atoms with Crippen molar-refractivity contribution >= 4 is 11.8 Å². The Hall–Kier alpha value is -2.11. The van der Waals surface area contributed by atoms with Crippen LogP contribution in [0.1, 0.15) is 10.5 Å². The zero-order valence-corrected chi connectivity index (χ0v) is 10.1. The van der Waals surface area contributed by atoms with Crippen LogP contribution in [0.25, 0.3) is 0 Å². The molecule has 1 rings (SSSR count). The Kier molecular flexibility index (Phi) is 4.03. The largest absolute Gasteiger partial charge is 0.347 e. The maximum absolute atomic E-state index is 11.8. The second-order valence-electron chi connectivity index (χ2n) is 3.88. The van der Waals surface area contributed by atoms with Gasteiger partial charge in [-0.3, -0.25) is 14.4 Å². The van der Waals surface area contributed by atoms with E-state index in [-0.39, 0.29) is 23.7 Å². The molecule has 1 aromatic heterocycles. The minimum atomic E-state index is -0.391. The summed E-state index contributed by atoms with van der Waals surface area (Å²) in [5.41, 5.74) is -0.172. The van der Waals surface area contributed by atoms with Crippen molar-refractivity contribution in [1.29, 1.82) is 0 Å². The molecule has 1 aromatic rings. The highest BCUT2D eigenvalue weighted by Crippen LogP contribution is 1.97. The number of hydrogen-bond acceptors (Lipinski definition) is 3. The normalized spacial score (nSPS) is 9.82. The number of pyridine rings is 1. The molecule has 0 spiro atoms. The van der Waals surface area contributed by atoms with Crippen molar-refractivity contribution < 1.29 is 9.59 Å². The first-order chi connectivity index (χ1) is 7.91. The summed E-state index contributed by atoms with van der Waals surface area (Å²) in [6.45, 7) is -0.0250. The van der Waals surface area contributed by atoms with Crippen LogP contribution in [0, 0.1) is 0 Å². The van der Waals surface area contributed by atoms with E-state index in [4.69, 9.17) is 0 Å². The van der Waals surface area contributed by atoms with Crippen molar-refractivity contribution in [3.8, 4) is 0 Å². The van der Waals surface area contributed by atoms with Crippen molar-refractivity contribution in [1.82, 2.24) is 14.8 Å². The molecule has 0 aliphatic rings. The monoisotopic (exact) mass is 237 g/mol. The highest BCUT2D eigenvalue weighted by Gasteiger charge is 2.16. The lowest BCUT2D eigenvalue weighted by Crippen LogP contribution is -2.38. The second kappa shape index (κ2) is 5.29. The van der Waals surface area contributed by atoms with Gasteiger partial charge in [-0.15, -0.1) is 0 Å². The first kappa shape index (κ1) is 13.0. The van der Waals surface area contributed by atoms with Crippen molar-refractivity contribution in [3.05, 3.63) is 34.2 Å². The Bertz CT molecular complexity index is 479. The molecular weight excluding hydrogens is 222 g/mol. The maximum atomic E-state index is 11.8. The summed E-state index contributed by atoms with van der Waals surface area (Å²) >= 11 is 0. The van der Waals surface area contributed by atoms with Gasteiger partial charge in [-0.1, -0.05) is 6.07 Å². The van der Waals surface area contributed by atoms with Gasteiger partial charge in [-0.05, 0) is 6.07 Å². The molecule has 0 saturated heterocycles. The molecule has 0 aliphatic heterocycles. The maximum Gasteiger partial charge on any atom is 0.270 e. The van der Waals surface area contributed by atoms with E-state index in [2.05, 4.69) is 4.98 Å². The Morgan fingerprint density at radius 3 is 2.41 bits per heavy atom. The highest BCUT2D eigenvalue weighted by atomic mass is 16.2. The van der Waals surface area contributed by atoms with E-state index < -0.39 is 5.91 Å². The van der Waals surface area contributed by atoms with Gasteiger partial charge in [0.2, 0.25) is 11.5 Å². The fourth-order valence-electron chi connectivity index (χ4n) is 1.19. The number of rotatable bonds is 3. The third-order valence-corrected chi connectivity index (χ3v) is 2.22. The van der Waals surface area contributed by atoms with Crippen molar-refractivity contribution in [2.45, 2.75) is 0 Å². The third-order valence-electron chi connectivity index (χ3n) is 2.22. The van der Waals surface area contributed by atoms with E-state index in [1.54, 1.807) is 14.1 Å². The zero-order chi connectivity index (χ0) is 13.0. The number of nitrogens with one attached hydrogen (secondary N) is 1. The van der Waals surface area contributed by atoms with Crippen LogP contribution in [0.15, 0.2) is 23.0 Å². The Morgan fingerprint density at radius 1 is 1.24 bits per heavy atom. The molecule has 1 N–H and O–H groups in total. The van der Waals surface area contributed by atoms with Gasteiger partial charge in [0.05, 0.1) is 6.54 Å². The molecule has 6 heteroatoms. The van der Waals surface area contributed by atoms with Crippen LogP contribution in [0.4, 0.5) is 0 Å². The summed E-state index contributed by atoms with van der Waals surface area (Å²) in [6.07, 6.45) is 0. The Labute approximate surface area is 98.8 Å². The van der Waals surface area contributed by atoms with Crippen LogP contribution < -0.4 is 5.56 Å². The van der Waals surface area contributed by atoms with E-state index in [9.17, 15) is 14.4 Å². The van der Waals surface area contributed by atoms with Gasteiger partial charge in [0.15, 0.2) is 0 Å². The van der Waals surface area contributed by atoms with Crippen LogP contribution in [-0.2, 0) is 4.79 Å². The van der Waals surface area contributed by atoms with Crippen LogP contribution in [-0.4, -0.2) is 54.3 Å². The molecule has 0 radical (unpaired) electrons. The summed E-state index contributed by atoms with van der Waals surface area (Å²) < 4.78 is 0. The molecule has 17 heavy (non-hydrogen) atoms. The summed E-state index contributed by atoms with van der Waals surface area (Å²) in [7, 11) is 4.74. The molecule has 0 aromatic carbocycles. The van der Waals surface area contributed by atoms with Crippen LogP contribution >= 0.6 is 0 Å². The van der Waals surface area contributed by atoms with Gasteiger partial charge < -0.3 is 14.8 Å². The first-order valence-corrected chi connectivity index (χ1v) is 5.07. The average Bonchev–Trinajstić information content (AvgIpc) is 2.27. The van der Waals surface area contributed by atoms with Gasteiger partial charge in [0.1, 0.15) is 5.69 Å². The van der Waals surface area contributed by atoms with E-state index in [1.165, 1.54) is 35.0 Å². The first-order valence-electron chi connectivity index (χ1n) is 5.07. The summed E-state index contributed by atoms with van der Waals surface area (Å²) in [6, 6.07) is 4.32. The van der Waals surface area contributed by atoms with E-state index in [0.29, 0.717) is 0 Å². The molecule has 0 bridgehead atoms. The number of amides is 2. The molecule has 92 valence electrons. The Balaban J connectivity index is 2.77.